The number of carboxylic acids is 1. The van der Waals surface area contributed by atoms with Crippen LogP contribution in [0, 0.1) is 0 Å². The highest BCUT2D eigenvalue weighted by molar-refractivity contribution is 5.82. The molecule has 1 saturated carbocycles. The second-order valence-electron chi connectivity index (χ2n) is 3.92. The SMILES string of the molecule is NCC1(c2nc(C(=O)O)no2)CCCC1. The number of aromatic carboxylic acids is 1. The highest BCUT2D eigenvalue weighted by Crippen LogP contribution is 2.39. The van der Waals surface area contributed by atoms with Crippen LogP contribution in [-0.4, -0.2) is 27.8 Å². The Morgan fingerprint density at radius 3 is 2.67 bits per heavy atom. The van der Waals surface area contributed by atoms with Gasteiger partial charge in [0.25, 0.3) is 5.82 Å². The van der Waals surface area contributed by atoms with E-state index in [1.165, 1.54) is 0 Å². The summed E-state index contributed by atoms with van der Waals surface area (Å²) in [4.78, 5) is 14.5. The van der Waals surface area contributed by atoms with Gasteiger partial charge in [-0.1, -0.05) is 12.8 Å². The van der Waals surface area contributed by atoms with E-state index in [0.29, 0.717) is 12.4 Å². The molecule has 1 aliphatic carbocycles. The molecule has 1 aromatic heterocycles. The molecule has 0 bridgehead atoms. The van der Waals surface area contributed by atoms with E-state index in [9.17, 15) is 4.79 Å². The van der Waals surface area contributed by atoms with Gasteiger partial charge in [-0.3, -0.25) is 0 Å². The predicted molar refractivity (Wildman–Crippen MR) is 50.5 cm³/mol. The van der Waals surface area contributed by atoms with Gasteiger partial charge in [-0.2, -0.15) is 4.98 Å². The number of nitrogens with zero attached hydrogens (tertiary/aromatic N) is 2. The van der Waals surface area contributed by atoms with E-state index in [-0.39, 0.29) is 11.2 Å². The predicted octanol–water partition coefficient (Wildman–Crippen LogP) is 0.538. The first-order valence-corrected chi connectivity index (χ1v) is 4.95. The second-order valence-corrected chi connectivity index (χ2v) is 3.92. The van der Waals surface area contributed by atoms with Crippen molar-refractivity contribution in [3.05, 3.63) is 11.7 Å². The van der Waals surface area contributed by atoms with E-state index in [1.54, 1.807) is 0 Å². The van der Waals surface area contributed by atoms with Crippen LogP contribution in [0.2, 0.25) is 0 Å². The first kappa shape index (κ1) is 10.1. The molecule has 0 spiro atoms. The lowest BCUT2D eigenvalue weighted by atomic mass is 9.86. The largest absolute Gasteiger partial charge is 0.475 e. The summed E-state index contributed by atoms with van der Waals surface area (Å²) < 4.78 is 4.98. The van der Waals surface area contributed by atoms with Crippen LogP contribution in [-0.2, 0) is 5.41 Å². The van der Waals surface area contributed by atoms with Crippen molar-refractivity contribution in [3.63, 3.8) is 0 Å². The van der Waals surface area contributed by atoms with E-state index in [1.807, 2.05) is 0 Å². The molecule has 82 valence electrons. The Morgan fingerprint density at radius 2 is 2.20 bits per heavy atom. The summed E-state index contributed by atoms with van der Waals surface area (Å²) in [5, 5.41) is 12.1. The molecule has 1 aliphatic rings. The maximum Gasteiger partial charge on any atom is 0.377 e. The van der Waals surface area contributed by atoms with Crippen molar-refractivity contribution in [1.29, 1.82) is 0 Å². The summed E-state index contributed by atoms with van der Waals surface area (Å²) in [5.41, 5.74) is 5.42. The average molecular weight is 211 g/mol. The fourth-order valence-corrected chi connectivity index (χ4v) is 2.08. The number of hydrogen-bond acceptors (Lipinski definition) is 5. The van der Waals surface area contributed by atoms with Crippen LogP contribution in [0.5, 0.6) is 0 Å². The summed E-state index contributed by atoms with van der Waals surface area (Å²) in [6, 6.07) is 0. The molecule has 15 heavy (non-hydrogen) atoms. The molecular weight excluding hydrogens is 198 g/mol. The molecule has 0 amide bonds. The number of aromatic nitrogens is 2. The Bertz CT molecular complexity index is 368. The Labute approximate surface area is 86.5 Å². The topological polar surface area (TPSA) is 102 Å². The highest BCUT2D eigenvalue weighted by Gasteiger charge is 2.40. The van der Waals surface area contributed by atoms with Gasteiger partial charge >= 0.3 is 5.97 Å². The zero-order chi connectivity index (χ0) is 10.9. The second kappa shape index (κ2) is 3.62. The maximum absolute atomic E-state index is 10.6. The van der Waals surface area contributed by atoms with Crippen molar-refractivity contribution in [2.75, 3.05) is 6.54 Å². The molecule has 0 aromatic carbocycles. The molecule has 0 saturated heterocycles. The van der Waals surface area contributed by atoms with Crippen molar-refractivity contribution in [2.45, 2.75) is 31.1 Å². The van der Waals surface area contributed by atoms with E-state index >= 15 is 0 Å². The van der Waals surface area contributed by atoms with Crippen LogP contribution in [0.15, 0.2) is 4.52 Å². The molecule has 3 N–H and O–H groups in total. The highest BCUT2D eigenvalue weighted by atomic mass is 16.5. The molecule has 0 atom stereocenters. The van der Waals surface area contributed by atoms with Crippen LogP contribution < -0.4 is 5.73 Å². The van der Waals surface area contributed by atoms with Crippen molar-refractivity contribution in [2.24, 2.45) is 5.73 Å². The van der Waals surface area contributed by atoms with Crippen LogP contribution in [0.4, 0.5) is 0 Å². The maximum atomic E-state index is 10.6. The third-order valence-corrected chi connectivity index (χ3v) is 3.02. The van der Waals surface area contributed by atoms with Gasteiger partial charge in [0.2, 0.25) is 5.89 Å². The quantitative estimate of drug-likeness (QED) is 0.756. The molecular formula is C9H13N3O3. The Balaban J connectivity index is 2.30. The number of nitrogens with two attached hydrogens (primary N) is 1. The fourth-order valence-electron chi connectivity index (χ4n) is 2.08. The van der Waals surface area contributed by atoms with Crippen LogP contribution in [0.3, 0.4) is 0 Å². The first-order valence-electron chi connectivity index (χ1n) is 4.95. The minimum atomic E-state index is -1.17. The van der Waals surface area contributed by atoms with Gasteiger partial charge in [-0.25, -0.2) is 4.79 Å². The Kier molecular flexibility index (Phi) is 2.44. The normalized spacial score (nSPS) is 19.3. The number of carboxylic acid groups (broad SMARTS) is 1. The number of rotatable bonds is 3. The fraction of sp³-hybridized carbons (Fsp3) is 0.667. The smallest absolute Gasteiger partial charge is 0.377 e. The van der Waals surface area contributed by atoms with E-state index in [0.717, 1.165) is 25.7 Å². The van der Waals surface area contributed by atoms with E-state index < -0.39 is 5.97 Å². The van der Waals surface area contributed by atoms with Crippen molar-refractivity contribution in [1.82, 2.24) is 10.1 Å². The lowest BCUT2D eigenvalue weighted by molar-refractivity contribution is 0.0680. The molecule has 0 unspecified atom stereocenters. The van der Waals surface area contributed by atoms with Gasteiger partial charge in [0.15, 0.2) is 0 Å². The molecule has 6 heteroatoms. The van der Waals surface area contributed by atoms with Gasteiger partial charge in [-0.05, 0) is 18.0 Å². The molecule has 6 nitrogen and oxygen atoms in total. The minimum Gasteiger partial charge on any atom is -0.475 e. The molecule has 1 heterocycles. The third-order valence-electron chi connectivity index (χ3n) is 3.02. The van der Waals surface area contributed by atoms with Gasteiger partial charge < -0.3 is 15.4 Å². The van der Waals surface area contributed by atoms with Crippen LogP contribution in [0.25, 0.3) is 0 Å². The van der Waals surface area contributed by atoms with Gasteiger partial charge in [0.05, 0.1) is 5.41 Å². The Morgan fingerprint density at radius 1 is 1.53 bits per heavy atom. The van der Waals surface area contributed by atoms with Crippen molar-refractivity contribution in [3.8, 4) is 0 Å². The van der Waals surface area contributed by atoms with Crippen molar-refractivity contribution >= 4 is 5.97 Å². The molecule has 1 fully saturated rings. The zero-order valence-electron chi connectivity index (χ0n) is 8.27. The molecule has 2 rings (SSSR count). The third kappa shape index (κ3) is 1.61. The first-order chi connectivity index (χ1) is 7.18. The summed E-state index contributed by atoms with van der Waals surface area (Å²) in [5.74, 6) is -1.08. The lowest BCUT2D eigenvalue weighted by Gasteiger charge is -2.21. The summed E-state index contributed by atoms with van der Waals surface area (Å²) in [6.45, 7) is 0.425. The summed E-state index contributed by atoms with van der Waals surface area (Å²) in [6.07, 6.45) is 3.93. The van der Waals surface area contributed by atoms with Gasteiger partial charge in [-0.15, -0.1) is 0 Å². The molecule has 0 radical (unpaired) electrons. The zero-order valence-corrected chi connectivity index (χ0v) is 8.27. The number of carbonyl (C=O) groups is 1. The Hall–Kier alpha value is -1.43. The summed E-state index contributed by atoms with van der Waals surface area (Å²) in [7, 11) is 0. The van der Waals surface area contributed by atoms with E-state index in [4.69, 9.17) is 15.4 Å². The standard InChI is InChI=1S/C9H13N3O3/c10-5-9(3-1-2-4-9)8-11-6(7(13)14)12-15-8/h1-5,10H2,(H,13,14). The minimum absolute atomic E-state index is 0.287. The van der Waals surface area contributed by atoms with Crippen molar-refractivity contribution < 1.29 is 14.4 Å². The average Bonchev–Trinajstić information content (AvgIpc) is 2.87. The van der Waals surface area contributed by atoms with Crippen LogP contribution >= 0.6 is 0 Å². The molecule has 1 aromatic rings. The molecule has 0 aliphatic heterocycles. The monoisotopic (exact) mass is 211 g/mol. The van der Waals surface area contributed by atoms with Gasteiger partial charge in [0.1, 0.15) is 0 Å². The number of hydrogen-bond donors (Lipinski definition) is 2. The summed E-state index contributed by atoms with van der Waals surface area (Å²) >= 11 is 0. The van der Waals surface area contributed by atoms with Gasteiger partial charge in [0, 0.05) is 6.54 Å². The lowest BCUT2D eigenvalue weighted by Crippen LogP contribution is -2.32. The van der Waals surface area contributed by atoms with Crippen LogP contribution in [0.1, 0.15) is 42.2 Å². The van der Waals surface area contributed by atoms with E-state index in [2.05, 4.69) is 10.1 Å².